The van der Waals surface area contributed by atoms with Crippen LogP contribution in [0.25, 0.3) is 0 Å². The molecule has 1 aliphatic heterocycles. The van der Waals surface area contributed by atoms with Gasteiger partial charge in [0.15, 0.2) is 6.29 Å². The van der Waals surface area contributed by atoms with E-state index < -0.39 is 6.29 Å². The molecule has 1 aromatic rings. The van der Waals surface area contributed by atoms with E-state index >= 15 is 0 Å². The summed E-state index contributed by atoms with van der Waals surface area (Å²) < 4.78 is 0. The number of hydrogen-bond donors (Lipinski definition) is 2. The summed E-state index contributed by atoms with van der Waals surface area (Å²) in [5.41, 5.74) is 0. The predicted molar refractivity (Wildman–Crippen MR) is 46.1 cm³/mol. The summed E-state index contributed by atoms with van der Waals surface area (Å²) >= 11 is 0. The Morgan fingerprint density at radius 3 is 2.77 bits per heavy atom. The summed E-state index contributed by atoms with van der Waals surface area (Å²) in [6.07, 6.45) is 3.99. The van der Waals surface area contributed by atoms with Gasteiger partial charge in [-0.05, 0) is 6.07 Å². The lowest BCUT2D eigenvalue weighted by Gasteiger charge is -2.08. The Morgan fingerprint density at radius 1 is 1.38 bits per heavy atom. The largest absolute Gasteiger partial charge is 0.315 e. The van der Waals surface area contributed by atoms with E-state index in [1.54, 1.807) is 18.5 Å². The molecule has 0 saturated heterocycles. The number of nitrogens with one attached hydrogen (secondary N) is 2. The Labute approximate surface area is 74.1 Å². The van der Waals surface area contributed by atoms with Crippen LogP contribution in [0.2, 0.25) is 0 Å². The predicted octanol–water partition coefficient (Wildman–Crippen LogP) is -0.627. The van der Waals surface area contributed by atoms with Crippen molar-refractivity contribution in [3.63, 3.8) is 0 Å². The molecule has 0 saturated carbocycles. The first-order valence-electron chi connectivity index (χ1n) is 3.72. The zero-order chi connectivity index (χ0) is 9.10. The number of amides is 1. The van der Waals surface area contributed by atoms with Crippen LogP contribution >= 0.6 is 0 Å². The van der Waals surface area contributed by atoms with Gasteiger partial charge in [0.2, 0.25) is 5.95 Å². The Hall–Kier alpha value is -1.98. The second-order valence-corrected chi connectivity index (χ2v) is 2.41. The minimum Gasteiger partial charge on any atom is -0.315 e. The molecule has 0 aromatic carbocycles. The molecule has 13 heavy (non-hydrogen) atoms. The van der Waals surface area contributed by atoms with Gasteiger partial charge in [-0.1, -0.05) is 0 Å². The number of aliphatic imine (C=N–C) groups is 1. The Bertz CT molecular complexity index is 336. The number of anilines is 1. The van der Waals surface area contributed by atoms with Crippen LogP contribution < -0.4 is 10.6 Å². The maximum Gasteiger partial charge on any atom is 0.265 e. The van der Waals surface area contributed by atoms with Crippen LogP contribution in [0.1, 0.15) is 0 Å². The van der Waals surface area contributed by atoms with Crippen LogP contribution in [0.15, 0.2) is 23.5 Å². The molecule has 0 aliphatic carbocycles. The number of hydrogen-bond acceptors (Lipinski definition) is 5. The molecule has 0 spiro atoms. The quantitative estimate of drug-likeness (QED) is 0.630. The van der Waals surface area contributed by atoms with Crippen molar-refractivity contribution >= 4 is 18.1 Å². The van der Waals surface area contributed by atoms with Gasteiger partial charge in [0, 0.05) is 12.4 Å². The molecular formula is C7H7N5O. The maximum absolute atomic E-state index is 10.7. The van der Waals surface area contributed by atoms with Crippen LogP contribution in [-0.4, -0.2) is 28.4 Å². The van der Waals surface area contributed by atoms with Crippen LogP contribution in [0, 0.1) is 0 Å². The molecule has 0 bridgehead atoms. The van der Waals surface area contributed by atoms with Crippen molar-refractivity contribution in [2.45, 2.75) is 6.29 Å². The summed E-state index contributed by atoms with van der Waals surface area (Å²) in [7, 11) is 0. The third-order valence-corrected chi connectivity index (χ3v) is 1.45. The van der Waals surface area contributed by atoms with Crippen LogP contribution in [0.4, 0.5) is 5.95 Å². The maximum atomic E-state index is 10.7. The van der Waals surface area contributed by atoms with Gasteiger partial charge < -0.3 is 10.6 Å². The lowest BCUT2D eigenvalue weighted by molar-refractivity contribution is -0.114. The van der Waals surface area contributed by atoms with E-state index in [1.165, 1.54) is 6.21 Å². The van der Waals surface area contributed by atoms with Crippen molar-refractivity contribution in [3.8, 4) is 0 Å². The van der Waals surface area contributed by atoms with Crippen LogP contribution in [0.3, 0.4) is 0 Å². The summed E-state index contributed by atoms with van der Waals surface area (Å²) in [6, 6.07) is 1.71. The molecule has 2 rings (SSSR count). The zero-order valence-corrected chi connectivity index (χ0v) is 6.64. The summed E-state index contributed by atoms with van der Waals surface area (Å²) in [4.78, 5) is 22.4. The van der Waals surface area contributed by atoms with E-state index in [4.69, 9.17) is 0 Å². The summed E-state index contributed by atoms with van der Waals surface area (Å²) in [5.74, 6) is 0.222. The van der Waals surface area contributed by atoms with Crippen molar-refractivity contribution in [2.75, 3.05) is 5.32 Å². The van der Waals surface area contributed by atoms with E-state index in [0.29, 0.717) is 5.95 Å². The molecule has 2 N–H and O–H groups in total. The molecule has 66 valence electrons. The highest BCUT2D eigenvalue weighted by molar-refractivity contribution is 6.27. The van der Waals surface area contributed by atoms with Crippen molar-refractivity contribution in [2.24, 2.45) is 4.99 Å². The lowest BCUT2D eigenvalue weighted by Crippen LogP contribution is -2.34. The zero-order valence-electron chi connectivity index (χ0n) is 6.64. The highest BCUT2D eigenvalue weighted by atomic mass is 16.2. The molecule has 1 aromatic heterocycles. The van der Waals surface area contributed by atoms with E-state index in [-0.39, 0.29) is 5.91 Å². The molecule has 0 radical (unpaired) electrons. The summed E-state index contributed by atoms with van der Waals surface area (Å²) in [6.45, 7) is 0. The van der Waals surface area contributed by atoms with Gasteiger partial charge in [-0.3, -0.25) is 4.79 Å². The molecule has 1 aliphatic rings. The van der Waals surface area contributed by atoms with E-state index in [9.17, 15) is 4.79 Å². The number of aromatic nitrogens is 2. The highest BCUT2D eigenvalue weighted by Gasteiger charge is 2.15. The fourth-order valence-corrected chi connectivity index (χ4v) is 0.921. The van der Waals surface area contributed by atoms with Crippen LogP contribution in [-0.2, 0) is 4.79 Å². The monoisotopic (exact) mass is 177 g/mol. The van der Waals surface area contributed by atoms with Crippen molar-refractivity contribution in [1.82, 2.24) is 15.3 Å². The average Bonchev–Trinajstić information content (AvgIpc) is 2.53. The SMILES string of the molecule is O=C1C=NC(Nc2ncccn2)N1. The van der Waals surface area contributed by atoms with E-state index in [1.807, 2.05) is 0 Å². The molecule has 0 fully saturated rings. The van der Waals surface area contributed by atoms with Crippen LogP contribution in [0.5, 0.6) is 0 Å². The normalized spacial score (nSPS) is 20.0. The fourth-order valence-electron chi connectivity index (χ4n) is 0.921. The van der Waals surface area contributed by atoms with E-state index in [0.717, 1.165) is 0 Å². The lowest BCUT2D eigenvalue weighted by atomic mass is 10.6. The van der Waals surface area contributed by atoms with Gasteiger partial charge in [-0.2, -0.15) is 0 Å². The van der Waals surface area contributed by atoms with Gasteiger partial charge in [0.05, 0.1) is 6.21 Å². The van der Waals surface area contributed by atoms with Gasteiger partial charge in [0.1, 0.15) is 0 Å². The highest BCUT2D eigenvalue weighted by Crippen LogP contribution is 1.99. The smallest absolute Gasteiger partial charge is 0.265 e. The number of rotatable bonds is 2. The second kappa shape index (κ2) is 3.18. The first-order valence-corrected chi connectivity index (χ1v) is 3.72. The van der Waals surface area contributed by atoms with Gasteiger partial charge in [0.25, 0.3) is 5.91 Å². The molecule has 1 atom stereocenters. The second-order valence-electron chi connectivity index (χ2n) is 2.41. The molecule has 2 heterocycles. The van der Waals surface area contributed by atoms with Crippen molar-refractivity contribution in [1.29, 1.82) is 0 Å². The number of carbonyl (C=O) groups is 1. The topological polar surface area (TPSA) is 79.3 Å². The third kappa shape index (κ3) is 1.78. The van der Waals surface area contributed by atoms with Gasteiger partial charge >= 0.3 is 0 Å². The van der Waals surface area contributed by atoms with E-state index in [2.05, 4.69) is 25.6 Å². The Kier molecular flexibility index (Phi) is 1.87. The van der Waals surface area contributed by atoms with Crippen molar-refractivity contribution < 1.29 is 4.79 Å². The number of nitrogens with zero attached hydrogens (tertiary/aromatic N) is 3. The first-order chi connectivity index (χ1) is 6.34. The van der Waals surface area contributed by atoms with Gasteiger partial charge in [-0.15, -0.1) is 0 Å². The minimum absolute atomic E-state index is 0.214. The average molecular weight is 177 g/mol. The summed E-state index contributed by atoms with van der Waals surface area (Å²) in [5, 5.41) is 5.37. The minimum atomic E-state index is -0.449. The molecule has 6 heteroatoms. The van der Waals surface area contributed by atoms with Crippen molar-refractivity contribution in [3.05, 3.63) is 18.5 Å². The Morgan fingerprint density at radius 2 is 2.15 bits per heavy atom. The molecule has 1 unspecified atom stereocenters. The fraction of sp³-hybridized carbons (Fsp3) is 0.143. The standard InChI is InChI=1S/C7H7N5O/c13-5-4-10-7(11-5)12-6-8-2-1-3-9-6/h1-4,7H,(H,11,13)(H,8,9,12). The molecule has 1 amide bonds. The number of carbonyl (C=O) groups excluding carboxylic acids is 1. The third-order valence-electron chi connectivity index (χ3n) is 1.45. The first kappa shape index (κ1) is 7.66. The van der Waals surface area contributed by atoms with Gasteiger partial charge in [-0.25, -0.2) is 15.0 Å². The molecule has 6 nitrogen and oxygen atoms in total. The Balaban J connectivity index is 2.00. The molecular weight excluding hydrogens is 170 g/mol.